The molecule has 1 aliphatic heterocycles. The average molecular weight is 294 g/mol. The fraction of sp³-hybridized carbons (Fsp3) is 0.176. The molecule has 0 aliphatic carbocycles. The highest BCUT2D eigenvalue weighted by atomic mass is 32.2. The minimum absolute atomic E-state index is 0.0312. The van der Waals surface area contributed by atoms with Gasteiger partial charge in [-0.05, 0) is 22.6 Å². The summed E-state index contributed by atoms with van der Waals surface area (Å²) >= 11 is 1.41. The molecular weight excluding hydrogens is 280 g/mol. The van der Waals surface area contributed by atoms with E-state index in [-0.39, 0.29) is 11.8 Å². The number of nitrogens with one attached hydrogen (secondary N) is 1. The van der Waals surface area contributed by atoms with Crippen LogP contribution in [0.25, 0.3) is 10.8 Å². The number of hydrogen-bond donors (Lipinski definition) is 1. The van der Waals surface area contributed by atoms with Gasteiger partial charge in [0.05, 0.1) is 16.7 Å². The van der Waals surface area contributed by atoms with Gasteiger partial charge in [0.25, 0.3) is 0 Å². The largest absolute Gasteiger partial charge is 0.320 e. The molecule has 104 valence electrons. The van der Waals surface area contributed by atoms with Crippen LogP contribution in [0, 0.1) is 11.3 Å². The van der Waals surface area contributed by atoms with Crippen molar-refractivity contribution in [1.82, 2.24) is 5.32 Å². The summed E-state index contributed by atoms with van der Waals surface area (Å²) in [5.41, 5.74) is 1.70. The fourth-order valence-corrected chi connectivity index (χ4v) is 3.42. The van der Waals surface area contributed by atoms with Crippen molar-refractivity contribution in [2.24, 2.45) is 0 Å². The van der Waals surface area contributed by atoms with Crippen LogP contribution in [-0.4, -0.2) is 12.2 Å². The molecular formula is C17H14N2OS. The van der Waals surface area contributed by atoms with Gasteiger partial charge in [0.1, 0.15) is 0 Å². The summed E-state index contributed by atoms with van der Waals surface area (Å²) in [6.45, 7) is 0. The van der Waals surface area contributed by atoms with E-state index in [1.807, 2.05) is 48.7 Å². The van der Waals surface area contributed by atoms with Crippen LogP contribution in [0.2, 0.25) is 0 Å². The quantitative estimate of drug-likeness (QED) is 0.921. The normalized spacial score (nSPS) is 18.5. The highest BCUT2D eigenvalue weighted by molar-refractivity contribution is 8.02. The number of nitriles is 1. The minimum atomic E-state index is -0.169. The molecule has 0 fully saturated rings. The third-order valence-corrected chi connectivity index (χ3v) is 4.49. The fourth-order valence-electron chi connectivity index (χ4n) is 2.80. The lowest BCUT2D eigenvalue weighted by Crippen LogP contribution is -2.30. The van der Waals surface area contributed by atoms with Crippen LogP contribution in [0.4, 0.5) is 0 Å². The molecule has 0 radical (unpaired) electrons. The van der Waals surface area contributed by atoms with Crippen molar-refractivity contribution in [2.75, 3.05) is 6.26 Å². The zero-order valence-corrected chi connectivity index (χ0v) is 12.4. The zero-order chi connectivity index (χ0) is 14.8. The number of amides is 1. The summed E-state index contributed by atoms with van der Waals surface area (Å²) in [5.74, 6) is -0.200. The predicted molar refractivity (Wildman–Crippen MR) is 85.6 cm³/mol. The number of hydrogen-bond acceptors (Lipinski definition) is 3. The first-order chi connectivity index (χ1) is 10.2. The van der Waals surface area contributed by atoms with Gasteiger partial charge in [0.2, 0.25) is 5.91 Å². The van der Waals surface area contributed by atoms with Gasteiger partial charge in [-0.25, -0.2) is 0 Å². The summed E-state index contributed by atoms with van der Waals surface area (Å²) in [7, 11) is 0. The molecule has 0 unspecified atom stereocenters. The van der Waals surface area contributed by atoms with E-state index in [2.05, 4.69) is 11.4 Å². The first-order valence-electron chi connectivity index (χ1n) is 6.70. The molecule has 0 saturated heterocycles. The van der Waals surface area contributed by atoms with Crippen molar-refractivity contribution >= 4 is 28.4 Å². The van der Waals surface area contributed by atoms with Crippen LogP contribution < -0.4 is 5.32 Å². The second-order valence-electron chi connectivity index (χ2n) is 4.93. The van der Waals surface area contributed by atoms with E-state index in [9.17, 15) is 10.1 Å². The number of benzene rings is 2. The zero-order valence-electron chi connectivity index (χ0n) is 11.6. The minimum Gasteiger partial charge on any atom is -0.320 e. The van der Waals surface area contributed by atoms with Gasteiger partial charge >= 0.3 is 0 Å². The summed E-state index contributed by atoms with van der Waals surface area (Å²) in [4.78, 5) is 11.9. The number of allylic oxidation sites excluding steroid dienone is 1. The third kappa shape index (κ3) is 2.41. The lowest BCUT2D eigenvalue weighted by Gasteiger charge is -2.25. The average Bonchev–Trinajstić information content (AvgIpc) is 2.53. The monoisotopic (exact) mass is 294 g/mol. The molecule has 3 rings (SSSR count). The number of carbonyl (C=O) groups is 1. The van der Waals surface area contributed by atoms with E-state index in [0.717, 1.165) is 16.3 Å². The van der Waals surface area contributed by atoms with Crippen molar-refractivity contribution in [3.05, 3.63) is 58.6 Å². The Balaban J connectivity index is 2.21. The predicted octanol–water partition coefficient (Wildman–Crippen LogP) is 3.54. The number of rotatable bonds is 2. The molecule has 21 heavy (non-hydrogen) atoms. The smallest absolute Gasteiger partial charge is 0.225 e. The van der Waals surface area contributed by atoms with Crippen LogP contribution in [0.1, 0.15) is 17.9 Å². The van der Waals surface area contributed by atoms with Gasteiger partial charge in [0.15, 0.2) is 0 Å². The van der Waals surface area contributed by atoms with E-state index in [4.69, 9.17) is 0 Å². The molecule has 2 aromatic rings. The Hall–Kier alpha value is -2.25. The van der Waals surface area contributed by atoms with Gasteiger partial charge in [0, 0.05) is 12.3 Å². The van der Waals surface area contributed by atoms with Gasteiger partial charge in [-0.15, -0.1) is 11.8 Å². The highest BCUT2D eigenvalue weighted by Crippen LogP contribution is 2.38. The highest BCUT2D eigenvalue weighted by Gasteiger charge is 2.29. The van der Waals surface area contributed by atoms with E-state index >= 15 is 0 Å². The summed E-state index contributed by atoms with van der Waals surface area (Å²) in [5, 5.41) is 15.2. The molecule has 1 amide bonds. The Morgan fingerprint density at radius 2 is 2.00 bits per heavy atom. The van der Waals surface area contributed by atoms with E-state index < -0.39 is 0 Å². The number of thioether (sulfide) groups is 1. The van der Waals surface area contributed by atoms with Crippen molar-refractivity contribution in [3.63, 3.8) is 0 Å². The van der Waals surface area contributed by atoms with Gasteiger partial charge in [-0.2, -0.15) is 5.26 Å². The van der Waals surface area contributed by atoms with Crippen LogP contribution in [0.15, 0.2) is 53.1 Å². The molecule has 0 saturated carbocycles. The van der Waals surface area contributed by atoms with Crippen LogP contribution in [0.3, 0.4) is 0 Å². The SMILES string of the molecule is CSC1=C(C#N)[C@H](c2cccc3ccccc23)CC(=O)N1. The van der Waals surface area contributed by atoms with E-state index in [0.29, 0.717) is 17.0 Å². The van der Waals surface area contributed by atoms with Crippen molar-refractivity contribution in [3.8, 4) is 6.07 Å². The number of carbonyl (C=O) groups excluding carboxylic acids is 1. The van der Waals surface area contributed by atoms with Crippen LogP contribution in [0.5, 0.6) is 0 Å². The summed E-state index contributed by atoms with van der Waals surface area (Å²) in [6, 6.07) is 16.4. The maximum Gasteiger partial charge on any atom is 0.225 e. The molecule has 0 aromatic heterocycles. The molecule has 3 nitrogen and oxygen atoms in total. The van der Waals surface area contributed by atoms with Crippen LogP contribution in [-0.2, 0) is 4.79 Å². The molecule has 0 spiro atoms. The first-order valence-corrected chi connectivity index (χ1v) is 7.93. The lowest BCUT2D eigenvalue weighted by atomic mass is 9.84. The Labute approximate surface area is 127 Å². The standard InChI is InChI=1S/C17H14N2OS/c1-21-17-15(10-18)14(9-16(20)19-17)13-8-4-6-11-5-2-3-7-12(11)13/h2-8,14H,9H2,1H3,(H,19,20)/t14-/m0/s1. The molecule has 1 N–H and O–H groups in total. The van der Waals surface area contributed by atoms with E-state index in [1.54, 1.807) is 0 Å². The topological polar surface area (TPSA) is 52.9 Å². The molecule has 1 heterocycles. The lowest BCUT2D eigenvalue weighted by molar-refractivity contribution is -0.120. The second kappa shape index (κ2) is 5.63. The molecule has 2 aromatic carbocycles. The number of nitrogens with zero attached hydrogens (tertiary/aromatic N) is 1. The van der Waals surface area contributed by atoms with Crippen molar-refractivity contribution in [2.45, 2.75) is 12.3 Å². The van der Waals surface area contributed by atoms with E-state index in [1.165, 1.54) is 11.8 Å². The Kier molecular flexibility index (Phi) is 3.68. The maximum atomic E-state index is 11.9. The number of fused-ring (bicyclic) bond motifs is 1. The Morgan fingerprint density at radius 3 is 2.76 bits per heavy atom. The van der Waals surface area contributed by atoms with Crippen LogP contribution >= 0.6 is 11.8 Å². The summed E-state index contributed by atoms with van der Waals surface area (Å²) < 4.78 is 0. The Morgan fingerprint density at radius 1 is 1.24 bits per heavy atom. The third-order valence-electron chi connectivity index (χ3n) is 3.76. The van der Waals surface area contributed by atoms with Gasteiger partial charge in [-0.1, -0.05) is 42.5 Å². The Bertz CT molecular complexity index is 783. The van der Waals surface area contributed by atoms with Crippen molar-refractivity contribution in [1.29, 1.82) is 5.26 Å². The molecule has 1 atom stereocenters. The first kappa shape index (κ1) is 13.7. The molecule has 0 bridgehead atoms. The summed E-state index contributed by atoms with van der Waals surface area (Å²) in [6.07, 6.45) is 2.19. The van der Waals surface area contributed by atoms with Gasteiger partial charge in [-0.3, -0.25) is 4.79 Å². The molecule has 4 heteroatoms. The second-order valence-corrected chi connectivity index (χ2v) is 5.75. The van der Waals surface area contributed by atoms with Crippen molar-refractivity contribution < 1.29 is 4.79 Å². The molecule has 1 aliphatic rings. The maximum absolute atomic E-state index is 11.9. The van der Waals surface area contributed by atoms with Gasteiger partial charge < -0.3 is 5.32 Å².